The number of nitrogens with zero attached hydrogens (tertiary/aromatic N) is 1. The van der Waals surface area contributed by atoms with Crippen LogP contribution in [0.3, 0.4) is 0 Å². The second kappa shape index (κ2) is 3.75. The molecule has 0 aliphatic carbocycles. The second-order valence-corrected chi connectivity index (χ2v) is 5.46. The number of thioether (sulfide) groups is 1. The van der Waals surface area contributed by atoms with Crippen LogP contribution in [-0.4, -0.2) is 10.7 Å². The molecular formula is C16H11NOS. The van der Waals surface area contributed by atoms with Gasteiger partial charge >= 0.3 is 0 Å². The van der Waals surface area contributed by atoms with E-state index < -0.39 is 0 Å². The SMILES string of the molecule is CSc1cc2cccc3c4ccccc4c(=O)c1n23. The van der Waals surface area contributed by atoms with E-state index in [2.05, 4.69) is 16.5 Å². The fourth-order valence-electron chi connectivity index (χ4n) is 2.81. The van der Waals surface area contributed by atoms with Crippen LogP contribution < -0.4 is 5.43 Å². The monoisotopic (exact) mass is 265 g/mol. The van der Waals surface area contributed by atoms with Crippen LogP contribution in [0.1, 0.15) is 0 Å². The third-order valence-corrected chi connectivity index (χ3v) is 4.39. The molecule has 3 heteroatoms. The van der Waals surface area contributed by atoms with Crippen LogP contribution in [0.5, 0.6) is 0 Å². The number of hydrogen-bond donors (Lipinski definition) is 0. The third kappa shape index (κ3) is 1.31. The van der Waals surface area contributed by atoms with E-state index in [4.69, 9.17) is 0 Å². The molecule has 0 saturated heterocycles. The highest BCUT2D eigenvalue weighted by Crippen LogP contribution is 2.30. The Hall–Kier alpha value is -2.00. The number of rotatable bonds is 1. The molecule has 19 heavy (non-hydrogen) atoms. The molecule has 0 unspecified atom stereocenters. The lowest BCUT2D eigenvalue weighted by Crippen LogP contribution is -2.07. The maximum atomic E-state index is 12.7. The molecule has 0 spiro atoms. The molecule has 0 atom stereocenters. The van der Waals surface area contributed by atoms with Crippen LogP contribution in [0.2, 0.25) is 0 Å². The van der Waals surface area contributed by atoms with Crippen molar-refractivity contribution >= 4 is 39.1 Å². The number of benzene rings is 1. The van der Waals surface area contributed by atoms with Gasteiger partial charge in [0.2, 0.25) is 5.43 Å². The summed E-state index contributed by atoms with van der Waals surface area (Å²) in [5, 5.41) is 1.82. The Labute approximate surface area is 114 Å². The molecule has 3 heterocycles. The Morgan fingerprint density at radius 3 is 2.58 bits per heavy atom. The first-order valence-corrected chi connectivity index (χ1v) is 7.36. The minimum absolute atomic E-state index is 0.124. The molecule has 0 aliphatic heterocycles. The molecule has 1 aromatic carbocycles. The van der Waals surface area contributed by atoms with Crippen molar-refractivity contribution in [3.8, 4) is 0 Å². The van der Waals surface area contributed by atoms with Gasteiger partial charge in [0.1, 0.15) is 5.52 Å². The highest BCUT2D eigenvalue weighted by molar-refractivity contribution is 7.98. The molecule has 0 amide bonds. The molecule has 0 aliphatic rings. The van der Waals surface area contributed by atoms with Crippen LogP contribution >= 0.6 is 11.8 Å². The van der Waals surface area contributed by atoms with Crippen molar-refractivity contribution in [2.75, 3.05) is 6.26 Å². The van der Waals surface area contributed by atoms with Crippen LogP contribution in [0.25, 0.3) is 27.3 Å². The first kappa shape index (κ1) is 10.9. The summed E-state index contributed by atoms with van der Waals surface area (Å²) in [7, 11) is 0. The summed E-state index contributed by atoms with van der Waals surface area (Å²) in [4.78, 5) is 13.7. The van der Waals surface area contributed by atoms with E-state index in [1.807, 2.05) is 42.7 Å². The number of fused-ring (bicyclic) bond motifs is 2. The fourth-order valence-corrected chi connectivity index (χ4v) is 3.43. The van der Waals surface area contributed by atoms with Gasteiger partial charge in [-0.25, -0.2) is 0 Å². The van der Waals surface area contributed by atoms with Crippen LogP contribution in [0.4, 0.5) is 0 Å². The van der Waals surface area contributed by atoms with Crippen LogP contribution in [-0.2, 0) is 0 Å². The van der Waals surface area contributed by atoms with Gasteiger partial charge in [-0.05, 0) is 24.5 Å². The predicted molar refractivity (Wildman–Crippen MR) is 81.6 cm³/mol. The molecule has 4 aromatic rings. The highest BCUT2D eigenvalue weighted by atomic mass is 32.2. The Morgan fingerprint density at radius 1 is 1.00 bits per heavy atom. The van der Waals surface area contributed by atoms with Gasteiger partial charge in [-0.3, -0.25) is 4.79 Å². The number of hydrogen-bond acceptors (Lipinski definition) is 2. The second-order valence-electron chi connectivity index (χ2n) is 4.61. The number of pyridine rings is 2. The molecule has 2 nitrogen and oxygen atoms in total. The normalized spacial score (nSPS) is 11.8. The zero-order chi connectivity index (χ0) is 13.0. The minimum atomic E-state index is 0.124. The molecule has 4 rings (SSSR count). The summed E-state index contributed by atoms with van der Waals surface area (Å²) in [6.45, 7) is 0. The van der Waals surface area contributed by atoms with Gasteiger partial charge in [-0.1, -0.05) is 30.3 Å². The molecule has 0 fully saturated rings. The average Bonchev–Trinajstić information content (AvgIpc) is 2.84. The molecular weight excluding hydrogens is 254 g/mol. The van der Waals surface area contributed by atoms with E-state index in [1.54, 1.807) is 11.8 Å². The van der Waals surface area contributed by atoms with Crippen LogP contribution in [0, 0.1) is 0 Å². The van der Waals surface area contributed by atoms with Crippen LogP contribution in [0.15, 0.2) is 58.2 Å². The standard InChI is InChI=1S/C16H11NOS/c1-19-14-9-10-5-4-8-13-11-6-2-3-7-12(11)16(18)15(14)17(10)13/h2-9H,1H3. The van der Waals surface area contributed by atoms with E-state index in [0.29, 0.717) is 0 Å². The molecule has 0 saturated carbocycles. The Balaban J connectivity index is 2.47. The largest absolute Gasteiger partial charge is 0.305 e. The summed E-state index contributed by atoms with van der Waals surface area (Å²) >= 11 is 1.63. The average molecular weight is 265 g/mol. The predicted octanol–water partition coefficient (Wildman–Crippen LogP) is 3.77. The maximum absolute atomic E-state index is 12.7. The summed E-state index contributed by atoms with van der Waals surface area (Å²) in [5.41, 5.74) is 3.11. The maximum Gasteiger partial charge on any atom is 0.211 e. The summed E-state index contributed by atoms with van der Waals surface area (Å²) in [5.74, 6) is 0. The van der Waals surface area contributed by atoms with Gasteiger partial charge in [-0.15, -0.1) is 11.8 Å². The lowest BCUT2D eigenvalue weighted by Gasteiger charge is -2.07. The van der Waals surface area contributed by atoms with Gasteiger partial charge in [-0.2, -0.15) is 0 Å². The van der Waals surface area contributed by atoms with E-state index in [9.17, 15) is 4.79 Å². The van der Waals surface area contributed by atoms with Crippen molar-refractivity contribution in [1.29, 1.82) is 0 Å². The first-order chi connectivity index (χ1) is 9.31. The smallest absolute Gasteiger partial charge is 0.211 e. The topological polar surface area (TPSA) is 21.5 Å². The van der Waals surface area contributed by atoms with Crippen molar-refractivity contribution in [3.63, 3.8) is 0 Å². The quantitative estimate of drug-likeness (QED) is 0.386. The lowest BCUT2D eigenvalue weighted by atomic mass is 10.1. The lowest BCUT2D eigenvalue weighted by molar-refractivity contribution is 1.30. The molecule has 0 radical (unpaired) electrons. The van der Waals surface area contributed by atoms with Gasteiger partial charge in [0.15, 0.2) is 0 Å². The van der Waals surface area contributed by atoms with E-state index in [-0.39, 0.29) is 5.43 Å². The zero-order valence-electron chi connectivity index (χ0n) is 10.4. The van der Waals surface area contributed by atoms with Gasteiger partial charge in [0.25, 0.3) is 0 Å². The summed E-state index contributed by atoms with van der Waals surface area (Å²) in [6.07, 6.45) is 2.01. The first-order valence-electron chi connectivity index (χ1n) is 6.14. The highest BCUT2D eigenvalue weighted by Gasteiger charge is 2.14. The van der Waals surface area contributed by atoms with Crippen molar-refractivity contribution in [3.05, 3.63) is 58.8 Å². The van der Waals surface area contributed by atoms with Gasteiger partial charge in [0.05, 0.1) is 5.52 Å². The number of aromatic nitrogens is 1. The van der Waals surface area contributed by atoms with Crippen molar-refractivity contribution in [2.45, 2.75) is 4.90 Å². The van der Waals surface area contributed by atoms with E-state index >= 15 is 0 Å². The van der Waals surface area contributed by atoms with Crippen molar-refractivity contribution in [2.24, 2.45) is 0 Å². The fraction of sp³-hybridized carbons (Fsp3) is 0.0625. The Kier molecular flexibility index (Phi) is 2.15. The third-order valence-electron chi connectivity index (χ3n) is 3.64. The Morgan fingerprint density at radius 2 is 1.79 bits per heavy atom. The minimum Gasteiger partial charge on any atom is -0.305 e. The molecule has 92 valence electrons. The zero-order valence-corrected chi connectivity index (χ0v) is 11.2. The van der Waals surface area contributed by atoms with Crippen molar-refractivity contribution < 1.29 is 0 Å². The van der Waals surface area contributed by atoms with Gasteiger partial charge < -0.3 is 4.40 Å². The Bertz CT molecular complexity index is 971. The van der Waals surface area contributed by atoms with Crippen molar-refractivity contribution in [1.82, 2.24) is 4.40 Å². The van der Waals surface area contributed by atoms with E-state index in [1.165, 1.54) is 0 Å². The molecule has 0 bridgehead atoms. The van der Waals surface area contributed by atoms with E-state index in [0.717, 1.165) is 32.2 Å². The molecule has 3 aromatic heterocycles. The molecule has 0 N–H and O–H groups in total. The summed E-state index contributed by atoms with van der Waals surface area (Å²) < 4.78 is 2.08. The van der Waals surface area contributed by atoms with Gasteiger partial charge in [0, 0.05) is 21.2 Å². The summed E-state index contributed by atoms with van der Waals surface area (Å²) in [6, 6.07) is 16.1.